The zero-order valence-corrected chi connectivity index (χ0v) is 17.7. The second-order valence-electron chi connectivity index (χ2n) is 8.59. The van der Waals surface area contributed by atoms with Crippen molar-refractivity contribution in [3.05, 3.63) is 29.3 Å². The molecule has 1 aromatic carbocycles. The van der Waals surface area contributed by atoms with Crippen molar-refractivity contribution in [1.82, 2.24) is 4.90 Å². The van der Waals surface area contributed by atoms with E-state index in [1.807, 2.05) is 32.9 Å². The molecule has 3 rings (SSSR count). The Balaban J connectivity index is 1.73. The minimum atomic E-state index is -0.518. The molecule has 7 heteroatoms. The fourth-order valence-corrected chi connectivity index (χ4v) is 3.72. The number of hydrogen-bond donors (Lipinski definition) is 0. The molecule has 2 aliphatic heterocycles. The molecule has 0 spiro atoms. The number of rotatable bonds is 4. The first kappa shape index (κ1) is 21.4. The molecule has 160 valence electrons. The third-order valence-electron chi connectivity index (χ3n) is 5.18. The summed E-state index contributed by atoms with van der Waals surface area (Å²) in [5.41, 5.74) is 1.01. The number of nitrogens with zero attached hydrogens (tertiary/aromatic N) is 1. The van der Waals surface area contributed by atoms with E-state index in [2.05, 4.69) is 0 Å². The van der Waals surface area contributed by atoms with Crippen LogP contribution in [-0.4, -0.2) is 62.1 Å². The molecular formula is C22H31NO6. The fraction of sp³-hybridized carbons (Fsp3) is 0.636. The Bertz CT molecular complexity index is 735. The van der Waals surface area contributed by atoms with Crippen LogP contribution >= 0.6 is 0 Å². The molecule has 29 heavy (non-hydrogen) atoms. The maximum atomic E-state index is 12.3. The first-order valence-corrected chi connectivity index (χ1v) is 10.2. The van der Waals surface area contributed by atoms with Gasteiger partial charge in [0.25, 0.3) is 0 Å². The van der Waals surface area contributed by atoms with Crippen molar-refractivity contribution in [2.24, 2.45) is 0 Å². The molecule has 0 radical (unpaired) electrons. The van der Waals surface area contributed by atoms with E-state index in [9.17, 15) is 9.59 Å². The van der Waals surface area contributed by atoms with Gasteiger partial charge in [0.2, 0.25) is 0 Å². The molecule has 2 fully saturated rings. The van der Waals surface area contributed by atoms with Crippen LogP contribution in [0.3, 0.4) is 0 Å². The van der Waals surface area contributed by atoms with Gasteiger partial charge in [-0.1, -0.05) is 0 Å². The van der Waals surface area contributed by atoms with Crippen LogP contribution in [-0.2, 0) is 14.2 Å². The van der Waals surface area contributed by atoms with Crippen LogP contribution in [0, 0.1) is 0 Å². The van der Waals surface area contributed by atoms with Gasteiger partial charge in [0.05, 0.1) is 19.2 Å². The number of amides is 1. The van der Waals surface area contributed by atoms with Crippen LogP contribution in [0.5, 0.6) is 5.75 Å². The van der Waals surface area contributed by atoms with Gasteiger partial charge in [-0.3, -0.25) is 0 Å². The van der Waals surface area contributed by atoms with Gasteiger partial charge < -0.3 is 23.8 Å². The predicted molar refractivity (Wildman–Crippen MR) is 107 cm³/mol. The van der Waals surface area contributed by atoms with Gasteiger partial charge in [0, 0.05) is 26.2 Å². The highest BCUT2D eigenvalue weighted by atomic mass is 16.6. The van der Waals surface area contributed by atoms with Crippen molar-refractivity contribution >= 4 is 12.1 Å². The summed E-state index contributed by atoms with van der Waals surface area (Å²) in [6, 6.07) is 5.44. The minimum absolute atomic E-state index is 0.106. The van der Waals surface area contributed by atoms with Crippen molar-refractivity contribution in [2.45, 2.75) is 57.7 Å². The summed E-state index contributed by atoms with van der Waals surface area (Å²) in [4.78, 5) is 26.0. The zero-order chi connectivity index (χ0) is 21.0. The van der Waals surface area contributed by atoms with Crippen molar-refractivity contribution in [3.8, 4) is 5.75 Å². The van der Waals surface area contributed by atoms with Crippen molar-refractivity contribution in [2.75, 3.05) is 33.4 Å². The summed E-state index contributed by atoms with van der Waals surface area (Å²) in [5.74, 6) is 0.675. The third kappa shape index (κ3) is 5.63. The van der Waals surface area contributed by atoms with Crippen molar-refractivity contribution in [1.29, 1.82) is 0 Å². The Morgan fingerprint density at radius 3 is 2.52 bits per heavy atom. The topological polar surface area (TPSA) is 74.3 Å². The third-order valence-corrected chi connectivity index (χ3v) is 5.18. The van der Waals surface area contributed by atoms with Crippen molar-refractivity contribution < 1.29 is 28.5 Å². The van der Waals surface area contributed by atoms with Crippen LogP contribution in [0.15, 0.2) is 18.2 Å². The van der Waals surface area contributed by atoms with Gasteiger partial charge in [-0.15, -0.1) is 0 Å². The number of hydrogen-bond acceptors (Lipinski definition) is 6. The largest absolute Gasteiger partial charge is 0.488 e. The summed E-state index contributed by atoms with van der Waals surface area (Å²) in [7, 11) is 1.38. The average Bonchev–Trinajstić information content (AvgIpc) is 3.16. The lowest BCUT2D eigenvalue weighted by atomic mass is 9.90. The van der Waals surface area contributed by atoms with Crippen LogP contribution in [0.2, 0.25) is 0 Å². The monoisotopic (exact) mass is 405 g/mol. The van der Waals surface area contributed by atoms with Gasteiger partial charge in [-0.25, -0.2) is 9.59 Å². The molecular weight excluding hydrogens is 374 g/mol. The summed E-state index contributed by atoms with van der Waals surface area (Å²) < 4.78 is 22.1. The summed E-state index contributed by atoms with van der Waals surface area (Å²) in [6.45, 7) is 8.06. The maximum absolute atomic E-state index is 12.3. The Hall–Kier alpha value is -2.28. The number of benzene rings is 1. The predicted octanol–water partition coefficient (Wildman–Crippen LogP) is 3.76. The second kappa shape index (κ2) is 9.03. The first-order valence-electron chi connectivity index (χ1n) is 10.2. The lowest BCUT2D eigenvalue weighted by molar-refractivity contribution is 0.0274. The van der Waals surface area contributed by atoms with Crippen molar-refractivity contribution in [3.63, 3.8) is 0 Å². The van der Waals surface area contributed by atoms with Crippen LogP contribution < -0.4 is 4.74 Å². The Morgan fingerprint density at radius 2 is 1.86 bits per heavy atom. The van der Waals surface area contributed by atoms with Gasteiger partial charge >= 0.3 is 12.1 Å². The molecule has 2 heterocycles. The number of methoxy groups -OCH3 is 1. The first-order chi connectivity index (χ1) is 13.8. The number of likely N-dealkylation sites (tertiary alicyclic amines) is 1. The summed E-state index contributed by atoms with van der Waals surface area (Å²) in [6.07, 6.45) is 2.09. The van der Waals surface area contributed by atoms with Crippen LogP contribution in [0.4, 0.5) is 4.79 Å². The zero-order valence-electron chi connectivity index (χ0n) is 17.7. The minimum Gasteiger partial charge on any atom is -0.488 e. The van der Waals surface area contributed by atoms with Crippen LogP contribution in [0.25, 0.3) is 0 Å². The van der Waals surface area contributed by atoms with Crippen LogP contribution in [0.1, 0.15) is 61.9 Å². The summed E-state index contributed by atoms with van der Waals surface area (Å²) >= 11 is 0. The molecule has 0 unspecified atom stereocenters. The van der Waals surface area contributed by atoms with Gasteiger partial charge in [-0.2, -0.15) is 0 Å². The van der Waals surface area contributed by atoms with E-state index in [4.69, 9.17) is 18.9 Å². The Morgan fingerprint density at radius 1 is 1.14 bits per heavy atom. The molecule has 0 saturated carbocycles. The van der Waals surface area contributed by atoms with E-state index in [-0.39, 0.29) is 24.1 Å². The lowest BCUT2D eigenvalue weighted by Crippen LogP contribution is -2.36. The molecule has 0 aliphatic carbocycles. The number of esters is 1. The fourth-order valence-electron chi connectivity index (χ4n) is 3.72. The smallest absolute Gasteiger partial charge is 0.410 e. The standard InChI is InChI=1S/C22H31NO6/c1-22(2,3)29-21(25)23-10-7-17(14-23)28-19-6-5-16(20(24)26-4)13-18(19)15-8-11-27-12-9-15/h5-6,13,15,17H,7-12,14H2,1-4H3/t17-/m0/s1. The highest BCUT2D eigenvalue weighted by Crippen LogP contribution is 2.36. The lowest BCUT2D eigenvalue weighted by Gasteiger charge is -2.26. The molecule has 1 atom stereocenters. The van der Waals surface area contributed by atoms with Gasteiger partial charge in [0.1, 0.15) is 17.5 Å². The van der Waals surface area contributed by atoms with E-state index in [0.717, 1.165) is 30.6 Å². The molecule has 2 saturated heterocycles. The van der Waals surface area contributed by atoms with E-state index in [0.29, 0.717) is 31.9 Å². The SMILES string of the molecule is COC(=O)c1ccc(O[C@H]2CCN(C(=O)OC(C)(C)C)C2)c(C2CCOCC2)c1. The Kier molecular flexibility index (Phi) is 6.67. The maximum Gasteiger partial charge on any atom is 0.410 e. The van der Waals surface area contributed by atoms with E-state index in [1.54, 1.807) is 11.0 Å². The molecule has 7 nitrogen and oxygen atoms in total. The number of carbonyl (C=O) groups excluding carboxylic acids is 2. The number of ether oxygens (including phenoxy) is 4. The normalized spacial score (nSPS) is 20.4. The van der Waals surface area contributed by atoms with E-state index >= 15 is 0 Å². The van der Waals surface area contributed by atoms with Gasteiger partial charge in [0.15, 0.2) is 0 Å². The van der Waals surface area contributed by atoms with Gasteiger partial charge in [-0.05, 0) is 63.3 Å². The average molecular weight is 405 g/mol. The summed E-state index contributed by atoms with van der Waals surface area (Å²) in [5, 5.41) is 0. The quantitative estimate of drug-likeness (QED) is 0.710. The second-order valence-corrected chi connectivity index (χ2v) is 8.59. The molecule has 0 bridgehead atoms. The highest BCUT2D eigenvalue weighted by Gasteiger charge is 2.32. The Labute approximate surface area is 172 Å². The number of carbonyl (C=O) groups is 2. The molecule has 0 N–H and O–H groups in total. The molecule has 1 aromatic rings. The molecule has 0 aromatic heterocycles. The van der Waals surface area contributed by atoms with E-state index in [1.165, 1.54) is 7.11 Å². The van der Waals surface area contributed by atoms with E-state index < -0.39 is 5.60 Å². The molecule has 1 amide bonds. The highest BCUT2D eigenvalue weighted by molar-refractivity contribution is 5.89. The molecule has 2 aliphatic rings.